The monoisotopic (exact) mass is 392 g/mol. The van der Waals surface area contributed by atoms with Crippen LogP contribution in [0.15, 0.2) is 53.2 Å². The number of thiazole rings is 1. The summed E-state index contributed by atoms with van der Waals surface area (Å²) in [6, 6.07) is 14.6. The van der Waals surface area contributed by atoms with Crippen molar-refractivity contribution in [3.8, 4) is 11.1 Å². The SMILES string of the molecule is Cc1ccc(-c2cc(C(=O)NCCc3nc(C)cs3)cc3sccc23)cc1. The molecule has 0 saturated carbocycles. The number of aromatic nitrogens is 1. The summed E-state index contributed by atoms with van der Waals surface area (Å²) in [6.07, 6.45) is 0.760. The van der Waals surface area contributed by atoms with E-state index in [0.717, 1.165) is 32.9 Å². The van der Waals surface area contributed by atoms with Crippen LogP contribution < -0.4 is 5.32 Å². The van der Waals surface area contributed by atoms with Crippen LogP contribution in [-0.2, 0) is 6.42 Å². The lowest BCUT2D eigenvalue weighted by atomic mass is 9.98. The van der Waals surface area contributed by atoms with Crippen LogP contribution in [-0.4, -0.2) is 17.4 Å². The van der Waals surface area contributed by atoms with E-state index in [-0.39, 0.29) is 5.91 Å². The molecule has 136 valence electrons. The number of fused-ring (bicyclic) bond motifs is 1. The molecular formula is C22H20N2OS2. The number of thiophene rings is 1. The molecule has 0 unspecified atom stereocenters. The summed E-state index contributed by atoms with van der Waals surface area (Å²) in [5.74, 6) is -0.0352. The lowest BCUT2D eigenvalue weighted by molar-refractivity contribution is 0.0954. The number of carbonyl (C=O) groups is 1. The Morgan fingerprint density at radius 1 is 1.07 bits per heavy atom. The molecule has 0 aliphatic carbocycles. The van der Waals surface area contributed by atoms with Gasteiger partial charge in [0.1, 0.15) is 0 Å². The number of carbonyl (C=O) groups excluding carboxylic acids is 1. The first-order chi connectivity index (χ1) is 13.1. The summed E-state index contributed by atoms with van der Waals surface area (Å²) >= 11 is 3.31. The summed E-state index contributed by atoms with van der Waals surface area (Å²) in [6.45, 7) is 4.66. The van der Waals surface area contributed by atoms with Gasteiger partial charge in [0.05, 0.1) is 5.01 Å². The van der Waals surface area contributed by atoms with E-state index in [1.54, 1.807) is 22.7 Å². The molecule has 0 aliphatic heterocycles. The van der Waals surface area contributed by atoms with Crippen LogP contribution in [0.3, 0.4) is 0 Å². The van der Waals surface area contributed by atoms with Crippen molar-refractivity contribution in [1.82, 2.24) is 10.3 Å². The Kier molecular flexibility index (Phi) is 5.05. The Morgan fingerprint density at radius 3 is 2.63 bits per heavy atom. The van der Waals surface area contributed by atoms with E-state index in [9.17, 15) is 4.79 Å². The Bertz CT molecular complexity index is 1090. The summed E-state index contributed by atoms with van der Waals surface area (Å²) in [4.78, 5) is 17.2. The minimum absolute atomic E-state index is 0.0352. The molecule has 2 heterocycles. The Hall–Kier alpha value is -2.50. The number of benzene rings is 2. The fourth-order valence-electron chi connectivity index (χ4n) is 3.08. The second kappa shape index (κ2) is 7.62. The molecule has 0 fully saturated rings. The number of hydrogen-bond donors (Lipinski definition) is 1. The van der Waals surface area contributed by atoms with Gasteiger partial charge in [-0.1, -0.05) is 29.8 Å². The van der Waals surface area contributed by atoms with Gasteiger partial charge in [-0.3, -0.25) is 4.79 Å². The van der Waals surface area contributed by atoms with E-state index in [1.807, 2.05) is 24.4 Å². The maximum absolute atomic E-state index is 12.7. The summed E-state index contributed by atoms with van der Waals surface area (Å²) in [5.41, 5.74) is 5.21. The topological polar surface area (TPSA) is 42.0 Å². The zero-order valence-electron chi connectivity index (χ0n) is 15.3. The number of rotatable bonds is 5. The van der Waals surface area contributed by atoms with Crippen LogP contribution >= 0.6 is 22.7 Å². The first-order valence-electron chi connectivity index (χ1n) is 8.87. The van der Waals surface area contributed by atoms with Gasteiger partial charge >= 0.3 is 0 Å². The molecule has 4 rings (SSSR count). The maximum Gasteiger partial charge on any atom is 0.251 e. The van der Waals surface area contributed by atoms with Crippen molar-refractivity contribution in [2.45, 2.75) is 20.3 Å². The molecule has 5 heteroatoms. The molecule has 0 aliphatic rings. The molecule has 27 heavy (non-hydrogen) atoms. The quantitative estimate of drug-likeness (QED) is 0.479. The van der Waals surface area contributed by atoms with Gasteiger partial charge in [0.25, 0.3) is 5.91 Å². The first-order valence-corrected chi connectivity index (χ1v) is 10.6. The summed E-state index contributed by atoms with van der Waals surface area (Å²) in [7, 11) is 0. The van der Waals surface area contributed by atoms with Crippen LogP contribution in [0.25, 0.3) is 21.2 Å². The predicted octanol–water partition coefficient (Wildman–Crippen LogP) is 5.61. The second-order valence-electron chi connectivity index (χ2n) is 6.61. The molecule has 1 amide bonds. The molecule has 2 aromatic heterocycles. The van der Waals surface area contributed by atoms with E-state index < -0.39 is 0 Å². The van der Waals surface area contributed by atoms with Gasteiger partial charge < -0.3 is 5.32 Å². The molecule has 2 aromatic carbocycles. The van der Waals surface area contributed by atoms with E-state index in [4.69, 9.17) is 0 Å². The Labute approximate surface area is 166 Å². The molecule has 3 nitrogen and oxygen atoms in total. The highest BCUT2D eigenvalue weighted by Gasteiger charge is 2.12. The van der Waals surface area contributed by atoms with Crippen molar-refractivity contribution in [3.63, 3.8) is 0 Å². The largest absolute Gasteiger partial charge is 0.352 e. The minimum Gasteiger partial charge on any atom is -0.352 e. The van der Waals surface area contributed by atoms with Crippen molar-refractivity contribution in [3.05, 3.63) is 75.1 Å². The standard InChI is InChI=1S/C22H20N2OS2/c1-14-3-5-16(6-4-14)19-11-17(12-20-18(19)8-10-26-20)22(25)23-9-7-21-24-15(2)13-27-21/h3-6,8,10-13H,7,9H2,1-2H3,(H,23,25). The number of nitrogens with one attached hydrogen (secondary N) is 1. The van der Waals surface area contributed by atoms with Crippen LogP contribution in [0, 0.1) is 13.8 Å². The highest BCUT2D eigenvalue weighted by atomic mass is 32.1. The first kappa shape index (κ1) is 17.9. The molecule has 1 N–H and O–H groups in total. The predicted molar refractivity (Wildman–Crippen MR) is 115 cm³/mol. The smallest absolute Gasteiger partial charge is 0.251 e. The molecule has 0 atom stereocenters. The zero-order valence-corrected chi connectivity index (χ0v) is 16.9. The summed E-state index contributed by atoms with van der Waals surface area (Å²) < 4.78 is 1.13. The van der Waals surface area contributed by atoms with Crippen LogP contribution in [0.5, 0.6) is 0 Å². The number of hydrogen-bond acceptors (Lipinski definition) is 4. The van der Waals surface area contributed by atoms with Crippen molar-refractivity contribution < 1.29 is 4.79 Å². The molecule has 0 radical (unpaired) electrons. The highest BCUT2D eigenvalue weighted by molar-refractivity contribution is 7.17. The van der Waals surface area contributed by atoms with Gasteiger partial charge in [-0.2, -0.15) is 0 Å². The third-order valence-electron chi connectivity index (χ3n) is 4.49. The van der Waals surface area contributed by atoms with Crippen molar-refractivity contribution in [2.24, 2.45) is 0 Å². The molecule has 0 saturated heterocycles. The lowest BCUT2D eigenvalue weighted by Crippen LogP contribution is -2.25. The van der Waals surface area contributed by atoms with E-state index in [0.29, 0.717) is 12.1 Å². The van der Waals surface area contributed by atoms with Gasteiger partial charge in [0, 0.05) is 39.7 Å². The third kappa shape index (κ3) is 3.94. The lowest BCUT2D eigenvalue weighted by Gasteiger charge is -2.09. The Balaban J connectivity index is 1.58. The zero-order chi connectivity index (χ0) is 18.8. The average Bonchev–Trinajstić information content (AvgIpc) is 3.30. The highest BCUT2D eigenvalue weighted by Crippen LogP contribution is 2.33. The Morgan fingerprint density at radius 2 is 1.89 bits per heavy atom. The van der Waals surface area contributed by atoms with Crippen molar-refractivity contribution in [1.29, 1.82) is 0 Å². The van der Waals surface area contributed by atoms with Gasteiger partial charge in [-0.05, 0) is 48.6 Å². The molecule has 0 bridgehead atoms. The maximum atomic E-state index is 12.7. The van der Waals surface area contributed by atoms with Gasteiger partial charge in [-0.25, -0.2) is 4.98 Å². The van der Waals surface area contributed by atoms with Crippen LogP contribution in [0.4, 0.5) is 0 Å². The van der Waals surface area contributed by atoms with Crippen LogP contribution in [0.2, 0.25) is 0 Å². The van der Waals surface area contributed by atoms with E-state index >= 15 is 0 Å². The number of nitrogens with zero attached hydrogens (tertiary/aromatic N) is 1. The van der Waals surface area contributed by atoms with Crippen molar-refractivity contribution in [2.75, 3.05) is 6.54 Å². The van der Waals surface area contributed by atoms with Gasteiger partial charge in [0.15, 0.2) is 0 Å². The van der Waals surface area contributed by atoms with Gasteiger partial charge in [0.2, 0.25) is 0 Å². The summed E-state index contributed by atoms with van der Waals surface area (Å²) in [5, 5.41) is 9.40. The fourth-order valence-corrected chi connectivity index (χ4v) is 4.70. The number of amides is 1. The number of aryl methyl sites for hydroxylation is 2. The average molecular weight is 393 g/mol. The normalized spacial score (nSPS) is 11.0. The van der Waals surface area contributed by atoms with Crippen molar-refractivity contribution >= 4 is 38.7 Å². The molecule has 0 spiro atoms. The fraction of sp³-hybridized carbons (Fsp3) is 0.182. The molecular weight excluding hydrogens is 372 g/mol. The van der Waals surface area contributed by atoms with Crippen LogP contribution in [0.1, 0.15) is 26.6 Å². The van der Waals surface area contributed by atoms with E-state index in [2.05, 4.69) is 52.9 Å². The second-order valence-corrected chi connectivity index (χ2v) is 8.50. The van der Waals surface area contributed by atoms with E-state index in [1.165, 1.54) is 10.9 Å². The third-order valence-corrected chi connectivity index (χ3v) is 6.38. The minimum atomic E-state index is -0.0352. The van der Waals surface area contributed by atoms with Gasteiger partial charge in [-0.15, -0.1) is 22.7 Å². The molecule has 4 aromatic rings.